The highest BCUT2D eigenvalue weighted by Gasteiger charge is 2.23. The number of carbonyl (C=O) groups excluding carboxylic acids is 1. The lowest BCUT2D eigenvalue weighted by Crippen LogP contribution is -2.24. The second kappa shape index (κ2) is 7.82. The summed E-state index contributed by atoms with van der Waals surface area (Å²) in [6, 6.07) is 10.8. The van der Waals surface area contributed by atoms with Crippen molar-refractivity contribution >= 4 is 11.6 Å². The lowest BCUT2D eigenvalue weighted by Gasteiger charge is -2.21. The number of aromatic nitrogens is 2. The molecule has 144 valence electrons. The van der Waals surface area contributed by atoms with E-state index in [4.69, 9.17) is 9.15 Å². The smallest absolute Gasteiger partial charge is 0.349 e. The van der Waals surface area contributed by atoms with Crippen LogP contribution in [0.5, 0.6) is 0 Å². The lowest BCUT2D eigenvalue weighted by atomic mass is 9.95. The van der Waals surface area contributed by atoms with Crippen molar-refractivity contribution in [3.63, 3.8) is 0 Å². The predicted molar refractivity (Wildman–Crippen MR) is 104 cm³/mol. The van der Waals surface area contributed by atoms with Crippen LogP contribution in [0.25, 0.3) is 5.69 Å². The van der Waals surface area contributed by atoms with Crippen molar-refractivity contribution in [2.45, 2.75) is 25.7 Å². The third kappa shape index (κ3) is 3.75. The summed E-state index contributed by atoms with van der Waals surface area (Å²) in [6.45, 7) is 3.07. The van der Waals surface area contributed by atoms with Gasteiger partial charge in [-0.2, -0.15) is 5.10 Å². The summed E-state index contributed by atoms with van der Waals surface area (Å²) in [5.74, 6) is 0.314. The molecule has 28 heavy (non-hydrogen) atoms. The number of nitrogens with zero attached hydrogens (tertiary/aromatic N) is 2. The van der Waals surface area contributed by atoms with Gasteiger partial charge in [0.1, 0.15) is 11.3 Å². The van der Waals surface area contributed by atoms with Crippen LogP contribution in [0, 0.1) is 6.92 Å². The average Bonchev–Trinajstić information content (AvgIpc) is 3.23. The summed E-state index contributed by atoms with van der Waals surface area (Å²) in [5.41, 5.74) is 1.51. The van der Waals surface area contributed by atoms with Crippen LogP contribution in [0.15, 0.2) is 58.0 Å². The van der Waals surface area contributed by atoms with Crippen molar-refractivity contribution in [3.8, 4) is 5.69 Å². The molecule has 0 bridgehead atoms. The minimum atomic E-state index is -0.604. The van der Waals surface area contributed by atoms with Gasteiger partial charge in [0, 0.05) is 37.2 Å². The SMILES string of the molecule is Cc1cc(C2CCOCC2)oc(=O)c1C(=O)Nc1ccc(-n2cccn2)cc1. The summed E-state index contributed by atoms with van der Waals surface area (Å²) in [4.78, 5) is 25.1. The van der Waals surface area contributed by atoms with Crippen LogP contribution >= 0.6 is 0 Å². The van der Waals surface area contributed by atoms with Crippen molar-refractivity contribution < 1.29 is 13.9 Å². The topological polar surface area (TPSA) is 86.4 Å². The fraction of sp³-hybridized carbons (Fsp3) is 0.286. The Labute approximate surface area is 161 Å². The number of hydrogen-bond donors (Lipinski definition) is 1. The Morgan fingerprint density at radius 2 is 1.96 bits per heavy atom. The van der Waals surface area contributed by atoms with E-state index in [9.17, 15) is 9.59 Å². The Morgan fingerprint density at radius 3 is 2.61 bits per heavy atom. The molecule has 1 fully saturated rings. The molecule has 0 aliphatic carbocycles. The first-order valence-electron chi connectivity index (χ1n) is 9.25. The molecule has 0 spiro atoms. The van der Waals surface area contributed by atoms with Gasteiger partial charge in [-0.25, -0.2) is 9.48 Å². The number of hydrogen-bond acceptors (Lipinski definition) is 5. The van der Waals surface area contributed by atoms with Gasteiger partial charge in [0.25, 0.3) is 5.91 Å². The Kier molecular flexibility index (Phi) is 5.08. The normalized spacial score (nSPS) is 14.8. The number of aryl methyl sites for hydroxylation is 1. The number of rotatable bonds is 4. The molecule has 0 radical (unpaired) electrons. The molecule has 4 rings (SSSR count). The van der Waals surface area contributed by atoms with Crippen LogP contribution in [0.2, 0.25) is 0 Å². The molecule has 1 saturated heterocycles. The van der Waals surface area contributed by atoms with Crippen molar-refractivity contribution in [1.82, 2.24) is 9.78 Å². The van der Waals surface area contributed by atoms with Crippen LogP contribution in [0.4, 0.5) is 5.69 Å². The molecule has 1 aliphatic heterocycles. The van der Waals surface area contributed by atoms with Crippen LogP contribution in [0.3, 0.4) is 0 Å². The molecule has 1 aliphatic rings. The lowest BCUT2D eigenvalue weighted by molar-refractivity contribution is 0.0796. The van der Waals surface area contributed by atoms with Gasteiger partial charge in [-0.3, -0.25) is 4.79 Å². The fourth-order valence-electron chi connectivity index (χ4n) is 3.40. The van der Waals surface area contributed by atoms with Crippen LogP contribution in [-0.2, 0) is 4.74 Å². The van der Waals surface area contributed by atoms with E-state index in [0.29, 0.717) is 30.2 Å². The quantitative estimate of drug-likeness (QED) is 0.752. The summed E-state index contributed by atoms with van der Waals surface area (Å²) in [6.07, 6.45) is 5.16. The second-order valence-electron chi connectivity index (χ2n) is 6.83. The van der Waals surface area contributed by atoms with Gasteiger partial charge in [-0.1, -0.05) is 0 Å². The second-order valence-corrected chi connectivity index (χ2v) is 6.83. The molecular formula is C21H21N3O4. The summed E-state index contributed by atoms with van der Waals surface area (Å²) in [5, 5.41) is 6.93. The number of carbonyl (C=O) groups is 1. The van der Waals surface area contributed by atoms with E-state index in [1.807, 2.05) is 24.4 Å². The van der Waals surface area contributed by atoms with Gasteiger partial charge < -0.3 is 14.5 Å². The third-order valence-corrected chi connectivity index (χ3v) is 4.91. The van der Waals surface area contributed by atoms with Gasteiger partial charge in [0.2, 0.25) is 0 Å². The maximum atomic E-state index is 12.6. The molecule has 3 aromatic rings. The number of anilines is 1. The minimum Gasteiger partial charge on any atom is -0.427 e. The first-order valence-corrected chi connectivity index (χ1v) is 9.25. The van der Waals surface area contributed by atoms with Crippen LogP contribution in [0.1, 0.15) is 40.4 Å². The van der Waals surface area contributed by atoms with E-state index in [0.717, 1.165) is 18.5 Å². The van der Waals surface area contributed by atoms with E-state index in [1.54, 1.807) is 36.0 Å². The van der Waals surface area contributed by atoms with E-state index in [2.05, 4.69) is 10.4 Å². The fourth-order valence-corrected chi connectivity index (χ4v) is 3.40. The zero-order valence-electron chi connectivity index (χ0n) is 15.6. The monoisotopic (exact) mass is 379 g/mol. The van der Waals surface area contributed by atoms with Gasteiger partial charge in [0.15, 0.2) is 0 Å². The predicted octanol–water partition coefficient (Wildman–Crippen LogP) is 3.28. The molecule has 7 nitrogen and oxygen atoms in total. The first kappa shape index (κ1) is 18.2. The Bertz CT molecular complexity index is 1020. The largest absolute Gasteiger partial charge is 0.427 e. The van der Waals surface area contributed by atoms with E-state index < -0.39 is 11.5 Å². The molecule has 1 aromatic carbocycles. The molecule has 3 heterocycles. The molecule has 2 aromatic heterocycles. The Hall–Kier alpha value is -3.19. The summed E-state index contributed by atoms with van der Waals surface area (Å²) in [7, 11) is 0. The van der Waals surface area contributed by atoms with E-state index >= 15 is 0 Å². The standard InChI is InChI=1S/C21H21N3O4/c1-14-13-18(15-7-11-27-12-8-15)28-21(26)19(14)20(25)23-16-3-5-17(6-4-16)24-10-2-9-22-24/h2-6,9-10,13,15H,7-8,11-12H2,1H3,(H,23,25). The van der Waals surface area contributed by atoms with Gasteiger partial charge in [0.05, 0.1) is 5.69 Å². The third-order valence-electron chi connectivity index (χ3n) is 4.91. The van der Waals surface area contributed by atoms with Crippen molar-refractivity contribution in [1.29, 1.82) is 0 Å². The van der Waals surface area contributed by atoms with Crippen molar-refractivity contribution in [2.24, 2.45) is 0 Å². The van der Waals surface area contributed by atoms with Crippen molar-refractivity contribution in [3.05, 3.63) is 76.1 Å². The van der Waals surface area contributed by atoms with Crippen LogP contribution < -0.4 is 10.9 Å². The minimum absolute atomic E-state index is 0.0342. The summed E-state index contributed by atoms with van der Waals surface area (Å²) >= 11 is 0. The highest BCUT2D eigenvalue weighted by Crippen LogP contribution is 2.27. The maximum absolute atomic E-state index is 12.6. The zero-order chi connectivity index (χ0) is 19.5. The summed E-state index contributed by atoms with van der Waals surface area (Å²) < 4.78 is 12.5. The van der Waals surface area contributed by atoms with E-state index in [-0.39, 0.29) is 11.5 Å². The highest BCUT2D eigenvalue weighted by molar-refractivity contribution is 6.04. The van der Waals surface area contributed by atoms with Crippen molar-refractivity contribution in [2.75, 3.05) is 18.5 Å². The number of benzene rings is 1. The first-order chi connectivity index (χ1) is 13.6. The number of ether oxygens (including phenoxy) is 1. The van der Waals surface area contributed by atoms with Crippen LogP contribution in [-0.4, -0.2) is 28.9 Å². The Balaban J connectivity index is 1.52. The molecule has 1 amide bonds. The van der Waals surface area contributed by atoms with Gasteiger partial charge in [-0.05, 0) is 61.7 Å². The van der Waals surface area contributed by atoms with E-state index in [1.165, 1.54) is 0 Å². The molecule has 0 atom stereocenters. The molecule has 0 unspecified atom stereocenters. The Morgan fingerprint density at radius 1 is 1.21 bits per heavy atom. The average molecular weight is 379 g/mol. The van der Waals surface area contributed by atoms with Gasteiger partial charge >= 0.3 is 5.63 Å². The maximum Gasteiger partial charge on any atom is 0.349 e. The molecule has 7 heteroatoms. The molecular weight excluding hydrogens is 358 g/mol. The molecule has 1 N–H and O–H groups in total. The van der Waals surface area contributed by atoms with Gasteiger partial charge in [-0.15, -0.1) is 0 Å². The number of amides is 1. The zero-order valence-corrected chi connectivity index (χ0v) is 15.6. The highest BCUT2D eigenvalue weighted by atomic mass is 16.5. The molecule has 0 saturated carbocycles. The number of nitrogens with one attached hydrogen (secondary N) is 1.